The first-order valence-electron chi connectivity index (χ1n) is 8.76. The van der Waals surface area contributed by atoms with E-state index in [0.717, 1.165) is 56.4 Å². The van der Waals surface area contributed by atoms with Gasteiger partial charge >= 0.3 is 0 Å². The van der Waals surface area contributed by atoms with Crippen molar-refractivity contribution in [3.63, 3.8) is 0 Å². The summed E-state index contributed by atoms with van der Waals surface area (Å²) in [7, 11) is 1.76. The third kappa shape index (κ3) is 5.37. The van der Waals surface area contributed by atoms with Gasteiger partial charge in [-0.1, -0.05) is 6.07 Å². The van der Waals surface area contributed by atoms with E-state index in [1.165, 1.54) is 5.56 Å². The van der Waals surface area contributed by atoms with E-state index in [1.54, 1.807) is 7.05 Å². The Morgan fingerprint density at radius 2 is 2.12 bits per heavy atom. The van der Waals surface area contributed by atoms with Crippen LogP contribution < -0.4 is 20.1 Å². The predicted molar refractivity (Wildman–Crippen MR) is 111 cm³/mol. The van der Waals surface area contributed by atoms with Crippen molar-refractivity contribution in [2.24, 2.45) is 10.4 Å². The number of nitrogens with zero attached hydrogens (tertiary/aromatic N) is 1. The average molecular weight is 477 g/mol. The highest BCUT2D eigenvalue weighted by atomic mass is 127. The monoisotopic (exact) mass is 477 g/mol. The molecule has 0 spiro atoms. The van der Waals surface area contributed by atoms with Crippen molar-refractivity contribution in [2.45, 2.75) is 19.3 Å². The number of fused-ring (bicyclic) bond motifs is 1. The zero-order chi connectivity index (χ0) is 17.5. The van der Waals surface area contributed by atoms with E-state index in [-0.39, 0.29) is 36.0 Å². The molecule has 8 heteroatoms. The van der Waals surface area contributed by atoms with Crippen molar-refractivity contribution < 1.29 is 19.3 Å². The Balaban J connectivity index is 0.00000243. The molecule has 146 valence electrons. The minimum Gasteiger partial charge on any atom is -0.454 e. The normalized spacial score (nSPS) is 21.4. The number of aliphatic hydroxyl groups is 1. The number of guanidine groups is 1. The molecule has 26 heavy (non-hydrogen) atoms. The van der Waals surface area contributed by atoms with Gasteiger partial charge in [-0.25, -0.2) is 0 Å². The summed E-state index contributed by atoms with van der Waals surface area (Å²) in [6, 6.07) is 6.02. The van der Waals surface area contributed by atoms with Gasteiger partial charge in [0.25, 0.3) is 0 Å². The molecule has 2 heterocycles. The van der Waals surface area contributed by atoms with Crippen molar-refractivity contribution in [1.29, 1.82) is 0 Å². The van der Waals surface area contributed by atoms with Crippen LogP contribution in [0.5, 0.6) is 11.5 Å². The Hall–Kier alpha value is -1.26. The molecular weight excluding hydrogens is 449 g/mol. The summed E-state index contributed by atoms with van der Waals surface area (Å²) in [6.07, 6.45) is 2.57. The number of aliphatic imine (C=N–C) groups is 1. The second-order valence-electron chi connectivity index (χ2n) is 6.57. The zero-order valence-corrected chi connectivity index (χ0v) is 17.5. The number of rotatable bonds is 7. The predicted octanol–water partition coefficient (Wildman–Crippen LogP) is 1.53. The highest BCUT2D eigenvalue weighted by Gasteiger charge is 2.34. The van der Waals surface area contributed by atoms with Crippen LogP contribution in [0.4, 0.5) is 0 Å². The molecule has 0 bridgehead atoms. The van der Waals surface area contributed by atoms with Crippen LogP contribution in [-0.4, -0.2) is 57.8 Å². The summed E-state index contributed by atoms with van der Waals surface area (Å²) in [5.74, 6) is 2.39. The molecule has 7 nitrogen and oxygen atoms in total. The molecule has 1 fully saturated rings. The second kappa shape index (κ2) is 10.2. The van der Waals surface area contributed by atoms with Gasteiger partial charge in [0.2, 0.25) is 6.79 Å². The molecule has 0 amide bonds. The van der Waals surface area contributed by atoms with Gasteiger partial charge in [0.1, 0.15) is 0 Å². The zero-order valence-electron chi connectivity index (χ0n) is 15.1. The summed E-state index contributed by atoms with van der Waals surface area (Å²) in [4.78, 5) is 4.28. The molecule has 1 aromatic carbocycles. The van der Waals surface area contributed by atoms with E-state index in [9.17, 15) is 5.11 Å². The molecule has 0 aromatic heterocycles. The lowest BCUT2D eigenvalue weighted by molar-refractivity contribution is 0.127. The highest BCUT2D eigenvalue weighted by Crippen LogP contribution is 2.32. The van der Waals surface area contributed by atoms with E-state index >= 15 is 0 Å². The fraction of sp³-hybridized carbons (Fsp3) is 0.611. The molecule has 3 N–H and O–H groups in total. The van der Waals surface area contributed by atoms with Gasteiger partial charge in [-0.05, 0) is 37.0 Å². The van der Waals surface area contributed by atoms with E-state index in [2.05, 4.69) is 21.7 Å². The van der Waals surface area contributed by atoms with E-state index in [0.29, 0.717) is 13.4 Å². The maximum absolute atomic E-state index is 9.30. The molecule has 1 aromatic rings. The van der Waals surface area contributed by atoms with Crippen LogP contribution in [0.25, 0.3) is 0 Å². The van der Waals surface area contributed by atoms with Gasteiger partial charge in [0.05, 0.1) is 6.61 Å². The van der Waals surface area contributed by atoms with Crippen LogP contribution in [0.2, 0.25) is 0 Å². The topological polar surface area (TPSA) is 84.3 Å². The van der Waals surface area contributed by atoms with Gasteiger partial charge in [-0.2, -0.15) is 0 Å². The molecule has 0 saturated carbocycles. The van der Waals surface area contributed by atoms with Crippen LogP contribution in [0, 0.1) is 5.41 Å². The molecule has 1 unspecified atom stereocenters. The largest absolute Gasteiger partial charge is 0.454 e. The van der Waals surface area contributed by atoms with Crippen molar-refractivity contribution >= 4 is 29.9 Å². The van der Waals surface area contributed by atoms with Gasteiger partial charge < -0.3 is 30.0 Å². The lowest BCUT2D eigenvalue weighted by atomic mass is 9.84. The first-order valence-corrected chi connectivity index (χ1v) is 8.76. The summed E-state index contributed by atoms with van der Waals surface area (Å²) in [5, 5.41) is 16.0. The van der Waals surface area contributed by atoms with Gasteiger partial charge in [-0.3, -0.25) is 4.99 Å². The number of halogens is 1. The number of hydrogen-bond acceptors (Lipinski definition) is 5. The minimum atomic E-state index is 0. The fourth-order valence-electron chi connectivity index (χ4n) is 3.23. The van der Waals surface area contributed by atoms with Gasteiger partial charge in [-0.15, -0.1) is 24.0 Å². The Morgan fingerprint density at radius 3 is 2.85 bits per heavy atom. The third-order valence-corrected chi connectivity index (χ3v) is 4.82. The number of aliphatic hydroxyl groups excluding tert-OH is 1. The van der Waals surface area contributed by atoms with Crippen molar-refractivity contribution in [3.05, 3.63) is 23.8 Å². The number of hydrogen-bond donors (Lipinski definition) is 3. The lowest BCUT2D eigenvalue weighted by Gasteiger charge is -2.27. The molecule has 2 aliphatic heterocycles. The highest BCUT2D eigenvalue weighted by molar-refractivity contribution is 14.0. The quantitative estimate of drug-likeness (QED) is 0.314. The Morgan fingerprint density at radius 1 is 1.27 bits per heavy atom. The minimum absolute atomic E-state index is 0. The van der Waals surface area contributed by atoms with Crippen LogP contribution in [0.15, 0.2) is 23.2 Å². The van der Waals surface area contributed by atoms with E-state index in [1.807, 2.05) is 12.1 Å². The number of ether oxygens (including phenoxy) is 3. The first-order chi connectivity index (χ1) is 12.2. The maximum Gasteiger partial charge on any atom is 0.231 e. The molecule has 2 aliphatic rings. The summed E-state index contributed by atoms with van der Waals surface area (Å²) in [5.41, 5.74) is 1.19. The first kappa shape index (κ1) is 21.0. The molecule has 0 aliphatic carbocycles. The lowest BCUT2D eigenvalue weighted by Crippen LogP contribution is -2.45. The maximum atomic E-state index is 9.30. The average Bonchev–Trinajstić information content (AvgIpc) is 3.27. The number of nitrogens with one attached hydrogen (secondary N) is 2. The van der Waals surface area contributed by atoms with E-state index < -0.39 is 0 Å². The molecular formula is C18H28IN3O4. The molecule has 1 saturated heterocycles. The molecule has 0 radical (unpaired) electrons. The summed E-state index contributed by atoms with van der Waals surface area (Å²) in [6.45, 7) is 3.45. The standard InChI is InChI=1S/C18H27N3O4.HI/c1-19-17(21-11-18(5-8-22)6-9-23-12-18)20-7-4-14-2-3-15-16(10-14)25-13-24-15;/h2-3,10,22H,4-9,11-13H2,1H3,(H2,19,20,21);1H. The second-order valence-corrected chi connectivity index (χ2v) is 6.57. The Labute approximate surface area is 171 Å². The van der Waals surface area contributed by atoms with Crippen LogP contribution >= 0.6 is 24.0 Å². The van der Waals surface area contributed by atoms with Gasteiger partial charge in [0, 0.05) is 38.8 Å². The SMILES string of the molecule is CN=C(NCCc1ccc2c(c1)OCO2)NCC1(CCO)CCOC1.I. The summed E-state index contributed by atoms with van der Waals surface area (Å²) >= 11 is 0. The van der Waals surface area contributed by atoms with Crippen molar-refractivity contribution in [3.8, 4) is 11.5 Å². The van der Waals surface area contributed by atoms with Crippen LogP contribution in [-0.2, 0) is 11.2 Å². The van der Waals surface area contributed by atoms with Crippen molar-refractivity contribution in [1.82, 2.24) is 10.6 Å². The van der Waals surface area contributed by atoms with Crippen LogP contribution in [0.1, 0.15) is 18.4 Å². The molecule has 1 atom stereocenters. The smallest absolute Gasteiger partial charge is 0.231 e. The molecule has 3 rings (SSSR count). The Bertz CT molecular complexity index is 606. The Kier molecular flexibility index (Phi) is 8.23. The third-order valence-electron chi connectivity index (χ3n) is 4.82. The van der Waals surface area contributed by atoms with Gasteiger partial charge in [0.15, 0.2) is 17.5 Å². The van der Waals surface area contributed by atoms with Crippen LogP contribution in [0.3, 0.4) is 0 Å². The fourth-order valence-corrected chi connectivity index (χ4v) is 3.23. The number of benzene rings is 1. The summed E-state index contributed by atoms with van der Waals surface area (Å²) < 4.78 is 16.3. The van der Waals surface area contributed by atoms with E-state index in [4.69, 9.17) is 14.2 Å². The van der Waals surface area contributed by atoms with Crippen molar-refractivity contribution in [2.75, 3.05) is 46.8 Å².